The molecule has 2 aliphatic rings. The van der Waals surface area contributed by atoms with E-state index in [1.165, 1.54) is 0 Å². The Bertz CT molecular complexity index is 942. The van der Waals surface area contributed by atoms with Crippen molar-refractivity contribution in [1.82, 2.24) is 4.57 Å². The maximum Gasteiger partial charge on any atom is 0.205 e. The topological polar surface area (TPSA) is 17.3 Å². The third kappa shape index (κ3) is 1.35. The van der Waals surface area contributed by atoms with Crippen LogP contribution in [0.3, 0.4) is 0 Å². The molecule has 0 saturated heterocycles. The van der Waals surface area contributed by atoms with E-state index in [4.69, 9.17) is 28.2 Å². The lowest BCUT2D eigenvalue weighted by molar-refractivity contribution is 0.972. The Kier molecular flexibility index (Phi) is 2.29. The Hall–Kier alpha value is -2.03. The lowest BCUT2D eigenvalue weighted by Crippen LogP contribution is -2.18. The molecule has 1 aromatic heterocycles. The van der Waals surface area contributed by atoms with Crippen molar-refractivity contribution in [3.8, 4) is 11.3 Å². The van der Waals surface area contributed by atoms with E-state index in [-0.39, 0.29) is 0 Å². The minimum Gasteiger partial charge on any atom is -0.307 e. The van der Waals surface area contributed by atoms with Gasteiger partial charge in [0, 0.05) is 5.56 Å². The van der Waals surface area contributed by atoms with Crippen LogP contribution < -0.4 is 0 Å². The Morgan fingerprint density at radius 2 is 1.45 bits per heavy atom. The van der Waals surface area contributed by atoms with Crippen molar-refractivity contribution in [3.05, 3.63) is 76.9 Å². The van der Waals surface area contributed by atoms with Gasteiger partial charge in [-0.15, -0.1) is 0 Å². The zero-order valence-electron chi connectivity index (χ0n) is 11.4. The molecule has 0 amide bonds. The summed E-state index contributed by atoms with van der Waals surface area (Å²) in [6, 6.07) is 20.1. The monoisotopic (exact) mass is 324 g/mol. The van der Waals surface area contributed by atoms with Gasteiger partial charge in [0.2, 0.25) is 5.00 Å². The van der Waals surface area contributed by atoms with Crippen molar-refractivity contribution < 1.29 is 0 Å². The number of nitrogens with zero attached hydrogens (tertiary/aromatic N) is 2. The number of hydrogen-bond donors (Lipinski definition) is 0. The number of hydrogen-bond acceptors (Lipinski definition) is 1. The Labute approximate surface area is 137 Å². The highest BCUT2D eigenvalue weighted by Crippen LogP contribution is 2.65. The fourth-order valence-electron chi connectivity index (χ4n) is 3.28. The number of aliphatic imine (C=N–C) groups is 1. The van der Waals surface area contributed by atoms with E-state index in [0.717, 1.165) is 33.9 Å². The Balaban J connectivity index is 1.70. The minimum absolute atomic E-state index is 0.653. The summed E-state index contributed by atoms with van der Waals surface area (Å²) in [6.45, 7) is 0. The first-order valence-electron chi connectivity index (χ1n) is 7.07. The van der Waals surface area contributed by atoms with Crippen LogP contribution in [-0.2, 0) is 5.00 Å². The lowest BCUT2D eigenvalue weighted by atomic mass is 10.1. The summed E-state index contributed by atoms with van der Waals surface area (Å²) in [4.78, 5) is 4.06. The van der Waals surface area contributed by atoms with Gasteiger partial charge in [-0.3, -0.25) is 0 Å². The third-order valence-corrected chi connectivity index (χ3v) is 5.18. The molecular weight excluding hydrogens is 315 g/mol. The van der Waals surface area contributed by atoms with Crippen molar-refractivity contribution >= 4 is 34.6 Å². The molecule has 3 heterocycles. The lowest BCUT2D eigenvalue weighted by Gasteiger charge is -2.10. The van der Waals surface area contributed by atoms with Crippen LogP contribution in [0, 0.1) is 0 Å². The van der Waals surface area contributed by atoms with E-state index in [1.54, 1.807) is 0 Å². The van der Waals surface area contributed by atoms with Crippen molar-refractivity contribution in [2.45, 2.75) is 5.00 Å². The van der Waals surface area contributed by atoms with Gasteiger partial charge >= 0.3 is 0 Å². The van der Waals surface area contributed by atoms with E-state index in [2.05, 4.69) is 4.57 Å². The van der Waals surface area contributed by atoms with Crippen LogP contribution in [0.1, 0.15) is 11.3 Å². The van der Waals surface area contributed by atoms with E-state index < -0.39 is 5.00 Å². The van der Waals surface area contributed by atoms with Gasteiger partial charge in [0.05, 0.1) is 22.1 Å². The maximum atomic E-state index is 6.89. The smallest absolute Gasteiger partial charge is 0.205 e. The molecule has 1 atom stereocenters. The molecule has 106 valence electrons. The van der Waals surface area contributed by atoms with Crippen molar-refractivity contribution in [3.63, 3.8) is 0 Å². The summed E-state index contributed by atoms with van der Waals surface area (Å²) in [5, 5.41) is 0.684. The van der Waals surface area contributed by atoms with E-state index >= 15 is 0 Å². The second kappa shape index (κ2) is 4.03. The molecule has 3 aromatic rings. The van der Waals surface area contributed by atoms with Gasteiger partial charge in [-0.25, -0.2) is 4.99 Å². The van der Waals surface area contributed by atoms with Gasteiger partial charge < -0.3 is 4.57 Å². The normalized spacial score (nSPS) is 20.7. The van der Waals surface area contributed by atoms with E-state index in [1.807, 2.05) is 60.7 Å². The zero-order valence-corrected chi connectivity index (χ0v) is 12.9. The van der Waals surface area contributed by atoms with Crippen molar-refractivity contribution in [1.29, 1.82) is 0 Å². The molecule has 0 spiro atoms. The average Bonchev–Trinajstić information content (AvgIpc) is 2.91. The molecule has 1 unspecified atom stereocenters. The second-order valence-electron chi connectivity index (χ2n) is 5.51. The Morgan fingerprint density at radius 3 is 2.05 bits per heavy atom. The fraction of sp³-hybridized carbons (Fsp3) is 0.0556. The largest absolute Gasteiger partial charge is 0.307 e. The highest BCUT2D eigenvalue weighted by molar-refractivity contribution is 6.47. The summed E-state index contributed by atoms with van der Waals surface area (Å²) in [5.74, 6) is 0. The molecule has 0 fully saturated rings. The summed E-state index contributed by atoms with van der Waals surface area (Å²) < 4.78 is 2.09. The quantitative estimate of drug-likeness (QED) is 0.577. The molecular formula is C18H10Cl2N2. The number of fused-ring (bicyclic) bond motifs is 1. The summed E-state index contributed by atoms with van der Waals surface area (Å²) >= 11 is 13.5. The van der Waals surface area contributed by atoms with Crippen molar-refractivity contribution in [2.24, 2.45) is 4.99 Å². The number of halogens is 2. The summed E-state index contributed by atoms with van der Waals surface area (Å²) in [5.41, 5.74) is 5.74. The highest BCUT2D eigenvalue weighted by Gasteiger charge is 2.62. The first-order chi connectivity index (χ1) is 10.7. The van der Waals surface area contributed by atoms with Gasteiger partial charge in [0.1, 0.15) is 5.69 Å². The highest BCUT2D eigenvalue weighted by atomic mass is 35.5. The maximum absolute atomic E-state index is 6.89. The van der Waals surface area contributed by atoms with Gasteiger partial charge in [-0.1, -0.05) is 83.9 Å². The summed E-state index contributed by atoms with van der Waals surface area (Å²) in [7, 11) is 0. The van der Waals surface area contributed by atoms with E-state index in [9.17, 15) is 0 Å². The average molecular weight is 325 g/mol. The second-order valence-corrected chi connectivity index (χ2v) is 6.43. The van der Waals surface area contributed by atoms with Crippen LogP contribution in [0.4, 0.5) is 5.69 Å². The minimum atomic E-state index is -0.653. The van der Waals surface area contributed by atoms with Gasteiger partial charge in [0.15, 0.2) is 0 Å². The van der Waals surface area contributed by atoms with Crippen molar-refractivity contribution in [2.75, 3.05) is 0 Å². The molecule has 2 aliphatic heterocycles. The molecule has 22 heavy (non-hydrogen) atoms. The molecule has 0 radical (unpaired) electrons. The fourth-order valence-corrected chi connectivity index (χ4v) is 4.06. The first kappa shape index (κ1) is 12.5. The number of alkyl halides is 1. The predicted molar refractivity (Wildman–Crippen MR) is 90.4 cm³/mol. The standard InChI is InChI=1S/C18H10Cl2N2/c19-13-14-17-18(20,16(21-14)12-9-5-2-6-10-12)22(17)15(13)11-7-3-1-4-8-11/h1-10H. The molecule has 5 rings (SSSR count). The Morgan fingerprint density at radius 1 is 0.864 bits per heavy atom. The van der Waals surface area contributed by atoms with Crippen LogP contribution in [0.15, 0.2) is 65.7 Å². The summed E-state index contributed by atoms with van der Waals surface area (Å²) in [6.07, 6.45) is 0. The predicted octanol–water partition coefficient (Wildman–Crippen LogP) is 5.20. The number of aromatic nitrogens is 1. The van der Waals surface area contributed by atoms with Gasteiger partial charge in [-0.05, 0) is 5.56 Å². The molecule has 0 aliphatic carbocycles. The van der Waals surface area contributed by atoms with Gasteiger partial charge in [-0.2, -0.15) is 0 Å². The molecule has 0 saturated carbocycles. The SMILES string of the molecule is Clc1c2c3n(c1-c1ccccc1)C3(Cl)C(c1ccccc1)=N2. The van der Waals surface area contributed by atoms with Crippen LogP contribution >= 0.6 is 23.2 Å². The van der Waals surface area contributed by atoms with E-state index in [0.29, 0.717) is 5.02 Å². The molecule has 2 nitrogen and oxygen atoms in total. The molecule has 2 aromatic carbocycles. The molecule has 0 bridgehead atoms. The van der Waals surface area contributed by atoms with Crippen LogP contribution in [-0.4, -0.2) is 10.3 Å². The van der Waals surface area contributed by atoms with Gasteiger partial charge in [0.25, 0.3) is 0 Å². The first-order valence-corrected chi connectivity index (χ1v) is 7.82. The van der Waals surface area contributed by atoms with Crippen LogP contribution in [0.25, 0.3) is 11.3 Å². The molecule has 0 N–H and O–H groups in total. The van der Waals surface area contributed by atoms with Crippen LogP contribution in [0.2, 0.25) is 5.02 Å². The number of rotatable bonds is 2. The zero-order chi connectivity index (χ0) is 14.9. The third-order valence-electron chi connectivity index (χ3n) is 4.29. The molecule has 4 heteroatoms. The number of benzene rings is 2. The van der Waals surface area contributed by atoms with Crippen LogP contribution in [0.5, 0.6) is 0 Å².